The van der Waals surface area contributed by atoms with E-state index in [9.17, 15) is 4.79 Å². The Labute approximate surface area is 167 Å². The van der Waals surface area contributed by atoms with E-state index in [1.165, 1.54) is 11.3 Å². The first-order valence-electron chi connectivity index (χ1n) is 8.80. The van der Waals surface area contributed by atoms with Gasteiger partial charge in [0.2, 0.25) is 6.79 Å². The first-order chi connectivity index (χ1) is 13.5. The highest BCUT2D eigenvalue weighted by molar-refractivity contribution is 7.15. The molecular formula is C20H20N4O3S. The van der Waals surface area contributed by atoms with Crippen LogP contribution >= 0.6 is 11.3 Å². The Morgan fingerprint density at radius 3 is 2.89 bits per heavy atom. The number of aryl methyl sites for hydroxylation is 1. The van der Waals surface area contributed by atoms with Gasteiger partial charge in [-0.3, -0.25) is 10.1 Å². The van der Waals surface area contributed by atoms with E-state index in [4.69, 9.17) is 9.47 Å². The zero-order valence-electron chi connectivity index (χ0n) is 15.9. The molecule has 7 nitrogen and oxygen atoms in total. The van der Waals surface area contributed by atoms with Crippen LogP contribution in [0.5, 0.6) is 11.5 Å². The number of thiazole rings is 1. The molecule has 0 saturated heterocycles. The van der Waals surface area contributed by atoms with E-state index in [2.05, 4.69) is 15.3 Å². The van der Waals surface area contributed by atoms with Crippen molar-refractivity contribution >= 4 is 28.2 Å². The van der Waals surface area contributed by atoms with Crippen LogP contribution in [0.1, 0.15) is 26.5 Å². The van der Waals surface area contributed by atoms with Gasteiger partial charge in [0.05, 0.1) is 11.3 Å². The minimum atomic E-state index is -0.222. The Bertz CT molecular complexity index is 1030. The Balaban J connectivity index is 1.51. The Morgan fingerprint density at radius 1 is 1.25 bits per heavy atom. The van der Waals surface area contributed by atoms with Crippen LogP contribution in [0.2, 0.25) is 0 Å². The van der Waals surface area contributed by atoms with Crippen molar-refractivity contribution in [3.63, 3.8) is 0 Å². The monoisotopic (exact) mass is 396 g/mol. The summed E-state index contributed by atoms with van der Waals surface area (Å²) in [5.74, 6) is 1.93. The number of rotatable bonds is 5. The largest absolute Gasteiger partial charge is 0.454 e. The zero-order chi connectivity index (χ0) is 19.7. The normalized spacial score (nSPS) is 12.1. The number of hydrogen-bond donors (Lipinski definition) is 1. The predicted octanol–water partition coefficient (Wildman–Crippen LogP) is 3.48. The van der Waals surface area contributed by atoms with Gasteiger partial charge in [0.15, 0.2) is 16.6 Å². The molecule has 8 heteroatoms. The molecule has 28 heavy (non-hydrogen) atoms. The molecule has 1 N–H and O–H groups in total. The van der Waals surface area contributed by atoms with E-state index in [-0.39, 0.29) is 12.7 Å². The maximum Gasteiger partial charge on any atom is 0.261 e. The second kappa shape index (κ2) is 7.47. The molecule has 0 saturated carbocycles. The quantitative estimate of drug-likeness (QED) is 0.712. The number of anilines is 2. The average molecular weight is 396 g/mol. The molecule has 3 heterocycles. The number of fused-ring (bicyclic) bond motifs is 1. The maximum absolute atomic E-state index is 12.7. The zero-order valence-corrected chi connectivity index (χ0v) is 16.7. The molecule has 1 aliphatic rings. The molecule has 0 fully saturated rings. The van der Waals surface area contributed by atoms with Crippen molar-refractivity contribution in [1.29, 1.82) is 0 Å². The number of nitrogens with one attached hydrogen (secondary N) is 1. The summed E-state index contributed by atoms with van der Waals surface area (Å²) in [6.45, 7) is 2.21. The molecule has 0 radical (unpaired) electrons. The molecule has 1 aliphatic heterocycles. The summed E-state index contributed by atoms with van der Waals surface area (Å²) in [7, 11) is 3.71. The number of amides is 1. The standard InChI is InChI=1S/C20H20N4O3S/c1-12-17(10-13-6-7-15-16(9-13)27-11-26-15)28-20(22-12)23-19(25)14-5-4-8-21-18(14)24(2)3/h4-9H,10-11H2,1-3H3,(H,22,23,25). The highest BCUT2D eigenvalue weighted by Gasteiger charge is 2.18. The van der Waals surface area contributed by atoms with Crippen molar-refractivity contribution < 1.29 is 14.3 Å². The minimum absolute atomic E-state index is 0.222. The lowest BCUT2D eigenvalue weighted by molar-refractivity contribution is 0.102. The van der Waals surface area contributed by atoms with Crippen LogP contribution in [0.15, 0.2) is 36.5 Å². The van der Waals surface area contributed by atoms with Crippen molar-refractivity contribution in [3.8, 4) is 11.5 Å². The maximum atomic E-state index is 12.7. The van der Waals surface area contributed by atoms with E-state index in [0.29, 0.717) is 22.9 Å². The Kier molecular flexibility index (Phi) is 4.87. The van der Waals surface area contributed by atoms with Crippen molar-refractivity contribution in [3.05, 3.63) is 58.2 Å². The third-order valence-corrected chi connectivity index (χ3v) is 5.44. The number of pyridine rings is 1. The van der Waals surface area contributed by atoms with Crippen LogP contribution in [0.4, 0.5) is 10.9 Å². The molecule has 0 atom stereocenters. The molecule has 3 aromatic rings. The van der Waals surface area contributed by atoms with Crippen LogP contribution in [-0.2, 0) is 6.42 Å². The summed E-state index contributed by atoms with van der Waals surface area (Å²) in [5.41, 5.74) is 2.52. The number of carbonyl (C=O) groups excluding carboxylic acids is 1. The molecule has 1 aromatic carbocycles. The molecule has 0 spiro atoms. The van der Waals surface area contributed by atoms with E-state index < -0.39 is 0 Å². The number of benzene rings is 1. The number of aromatic nitrogens is 2. The molecule has 144 valence electrons. The first kappa shape index (κ1) is 18.2. The van der Waals surface area contributed by atoms with Gasteiger partial charge >= 0.3 is 0 Å². The lowest BCUT2D eigenvalue weighted by atomic mass is 10.1. The van der Waals surface area contributed by atoms with Crippen LogP contribution in [0.25, 0.3) is 0 Å². The first-order valence-corrected chi connectivity index (χ1v) is 9.61. The summed E-state index contributed by atoms with van der Waals surface area (Å²) >= 11 is 1.48. The van der Waals surface area contributed by atoms with Gasteiger partial charge < -0.3 is 14.4 Å². The van der Waals surface area contributed by atoms with Gasteiger partial charge in [-0.05, 0) is 36.8 Å². The minimum Gasteiger partial charge on any atom is -0.454 e. The van der Waals surface area contributed by atoms with Crippen molar-refractivity contribution in [2.75, 3.05) is 31.1 Å². The molecule has 0 aliphatic carbocycles. The summed E-state index contributed by atoms with van der Waals surface area (Å²) in [6.07, 6.45) is 2.38. The summed E-state index contributed by atoms with van der Waals surface area (Å²) in [4.78, 5) is 24.4. The molecular weight excluding hydrogens is 376 g/mol. The van der Waals surface area contributed by atoms with E-state index in [1.54, 1.807) is 18.3 Å². The lowest BCUT2D eigenvalue weighted by Crippen LogP contribution is -2.19. The van der Waals surface area contributed by atoms with Gasteiger partial charge in [0.1, 0.15) is 5.82 Å². The van der Waals surface area contributed by atoms with Crippen LogP contribution in [0, 0.1) is 6.92 Å². The fraction of sp³-hybridized carbons (Fsp3) is 0.250. The second-order valence-electron chi connectivity index (χ2n) is 6.62. The van der Waals surface area contributed by atoms with Crippen molar-refractivity contribution in [1.82, 2.24) is 9.97 Å². The fourth-order valence-electron chi connectivity index (χ4n) is 2.98. The van der Waals surface area contributed by atoms with Gasteiger partial charge in [-0.2, -0.15) is 0 Å². The molecule has 0 unspecified atom stereocenters. The van der Waals surface area contributed by atoms with Crippen LogP contribution in [0.3, 0.4) is 0 Å². The average Bonchev–Trinajstić information content (AvgIpc) is 3.27. The van der Waals surface area contributed by atoms with Crippen LogP contribution in [-0.4, -0.2) is 36.8 Å². The Morgan fingerprint density at radius 2 is 2.07 bits per heavy atom. The summed E-state index contributed by atoms with van der Waals surface area (Å²) in [6, 6.07) is 9.43. The van der Waals surface area contributed by atoms with E-state index >= 15 is 0 Å². The highest BCUT2D eigenvalue weighted by atomic mass is 32.1. The van der Waals surface area contributed by atoms with Crippen molar-refractivity contribution in [2.45, 2.75) is 13.3 Å². The number of carbonyl (C=O) groups is 1. The second-order valence-corrected chi connectivity index (χ2v) is 7.70. The van der Waals surface area contributed by atoms with Gasteiger partial charge in [-0.25, -0.2) is 9.97 Å². The summed E-state index contributed by atoms with van der Waals surface area (Å²) < 4.78 is 10.8. The molecule has 0 bridgehead atoms. The SMILES string of the molecule is Cc1nc(NC(=O)c2cccnc2N(C)C)sc1Cc1ccc2c(c1)OCO2. The van der Waals surface area contributed by atoms with Gasteiger partial charge in [-0.15, -0.1) is 11.3 Å². The van der Waals surface area contributed by atoms with Crippen molar-refractivity contribution in [2.24, 2.45) is 0 Å². The topological polar surface area (TPSA) is 76.6 Å². The van der Waals surface area contributed by atoms with Crippen LogP contribution < -0.4 is 19.7 Å². The summed E-state index contributed by atoms with van der Waals surface area (Å²) in [5, 5.41) is 3.48. The lowest BCUT2D eigenvalue weighted by Gasteiger charge is -2.14. The number of hydrogen-bond acceptors (Lipinski definition) is 7. The third-order valence-electron chi connectivity index (χ3n) is 4.37. The van der Waals surface area contributed by atoms with E-state index in [1.807, 2.05) is 44.1 Å². The van der Waals surface area contributed by atoms with Gasteiger partial charge in [0, 0.05) is 31.6 Å². The number of ether oxygens (including phenoxy) is 2. The molecule has 4 rings (SSSR count). The predicted molar refractivity (Wildman–Crippen MR) is 109 cm³/mol. The Hall–Kier alpha value is -3.13. The van der Waals surface area contributed by atoms with Gasteiger partial charge in [-0.1, -0.05) is 6.07 Å². The smallest absolute Gasteiger partial charge is 0.261 e. The highest BCUT2D eigenvalue weighted by Crippen LogP contribution is 2.34. The van der Waals surface area contributed by atoms with E-state index in [0.717, 1.165) is 27.6 Å². The molecule has 1 amide bonds. The molecule has 2 aromatic heterocycles. The third kappa shape index (κ3) is 3.63. The van der Waals surface area contributed by atoms with Gasteiger partial charge in [0.25, 0.3) is 5.91 Å². The number of nitrogens with zero attached hydrogens (tertiary/aromatic N) is 3. The fourth-order valence-corrected chi connectivity index (χ4v) is 3.97.